The molecule has 5 rings (SSSR count). The highest BCUT2D eigenvalue weighted by atomic mass is 16.5. The second-order valence-electron chi connectivity index (χ2n) is 8.30. The Labute approximate surface area is 192 Å². The second-order valence-corrected chi connectivity index (χ2v) is 8.30. The van der Waals surface area contributed by atoms with Gasteiger partial charge < -0.3 is 14.3 Å². The molecule has 1 fully saturated rings. The SMILES string of the molecule is CCOc1ccc(N2C(=O)C(=O)/C(=C(\O)c3ccc4c(c3)CCCC4)C2c2ccco2)cc1. The largest absolute Gasteiger partial charge is 0.507 e. The van der Waals surface area contributed by atoms with Crippen molar-refractivity contribution < 1.29 is 23.8 Å². The van der Waals surface area contributed by atoms with E-state index in [0.29, 0.717) is 29.4 Å². The predicted molar refractivity (Wildman–Crippen MR) is 124 cm³/mol. The van der Waals surface area contributed by atoms with Gasteiger partial charge in [-0.25, -0.2) is 0 Å². The van der Waals surface area contributed by atoms with Gasteiger partial charge in [-0.2, -0.15) is 0 Å². The highest BCUT2D eigenvalue weighted by Gasteiger charge is 2.48. The third-order valence-corrected chi connectivity index (χ3v) is 6.30. The molecule has 1 aromatic heterocycles. The van der Waals surface area contributed by atoms with Crippen LogP contribution in [0.15, 0.2) is 70.9 Å². The minimum absolute atomic E-state index is 0.0274. The van der Waals surface area contributed by atoms with E-state index in [1.54, 1.807) is 36.4 Å². The molecule has 0 bridgehead atoms. The Morgan fingerprint density at radius 2 is 1.82 bits per heavy atom. The molecule has 3 aromatic rings. The fourth-order valence-corrected chi connectivity index (χ4v) is 4.72. The standard InChI is InChI=1S/C27H25NO5/c1-2-32-21-13-11-20(12-14-21)28-24(22-8-5-15-33-22)23(26(30)27(28)31)25(29)19-10-9-17-6-3-4-7-18(17)16-19/h5,8-16,24,29H,2-4,6-7H2,1H3/b25-23-. The average Bonchev–Trinajstić information content (AvgIpc) is 3.46. The number of nitrogens with zero attached hydrogens (tertiary/aromatic N) is 1. The number of Topliss-reactive ketones (excluding diaryl/α,β-unsaturated/α-hetero) is 1. The first kappa shape index (κ1) is 21.1. The number of carbonyl (C=O) groups excluding carboxylic acids is 2. The summed E-state index contributed by atoms with van der Waals surface area (Å²) in [7, 11) is 0. The first-order valence-electron chi connectivity index (χ1n) is 11.3. The summed E-state index contributed by atoms with van der Waals surface area (Å²) >= 11 is 0. The predicted octanol–water partition coefficient (Wildman–Crippen LogP) is 5.18. The number of aliphatic hydroxyl groups is 1. The molecule has 6 heteroatoms. The molecule has 2 aromatic carbocycles. The molecule has 0 saturated carbocycles. The molecule has 1 aliphatic heterocycles. The fourth-order valence-electron chi connectivity index (χ4n) is 4.72. The molecule has 2 heterocycles. The zero-order chi connectivity index (χ0) is 22.9. The molecular weight excluding hydrogens is 418 g/mol. The lowest BCUT2D eigenvalue weighted by Gasteiger charge is -2.23. The van der Waals surface area contributed by atoms with Gasteiger partial charge >= 0.3 is 0 Å². The summed E-state index contributed by atoms with van der Waals surface area (Å²) in [5, 5.41) is 11.3. The smallest absolute Gasteiger partial charge is 0.300 e. The van der Waals surface area contributed by atoms with Crippen LogP contribution < -0.4 is 9.64 Å². The molecule has 1 N–H and O–H groups in total. The van der Waals surface area contributed by atoms with Gasteiger partial charge in [0.25, 0.3) is 11.7 Å². The van der Waals surface area contributed by atoms with Crippen molar-refractivity contribution in [3.8, 4) is 5.75 Å². The van der Waals surface area contributed by atoms with Crippen LogP contribution in [-0.2, 0) is 22.4 Å². The molecule has 1 amide bonds. The molecule has 33 heavy (non-hydrogen) atoms. The van der Waals surface area contributed by atoms with E-state index in [1.807, 2.05) is 25.1 Å². The van der Waals surface area contributed by atoms with Crippen molar-refractivity contribution in [3.05, 3.63) is 88.9 Å². The number of anilines is 1. The normalized spacial score (nSPS) is 19.5. The number of furan rings is 1. The molecule has 1 atom stereocenters. The topological polar surface area (TPSA) is 80.0 Å². The van der Waals surface area contributed by atoms with Gasteiger partial charge in [0.15, 0.2) is 0 Å². The van der Waals surface area contributed by atoms with Crippen LogP contribution in [0.25, 0.3) is 5.76 Å². The number of amides is 1. The lowest BCUT2D eigenvalue weighted by Crippen LogP contribution is -2.29. The number of hydrogen-bond acceptors (Lipinski definition) is 5. The van der Waals surface area contributed by atoms with Gasteiger partial charge in [-0.1, -0.05) is 12.1 Å². The van der Waals surface area contributed by atoms with E-state index >= 15 is 0 Å². The first-order chi connectivity index (χ1) is 16.1. The maximum atomic E-state index is 13.2. The third kappa shape index (κ3) is 3.71. The number of fused-ring (bicyclic) bond motifs is 1. The van der Waals surface area contributed by atoms with Crippen LogP contribution in [0.3, 0.4) is 0 Å². The zero-order valence-electron chi connectivity index (χ0n) is 18.4. The number of aliphatic hydroxyl groups excluding tert-OH is 1. The van der Waals surface area contributed by atoms with Gasteiger partial charge in [0, 0.05) is 11.3 Å². The zero-order valence-corrected chi connectivity index (χ0v) is 18.4. The molecule has 6 nitrogen and oxygen atoms in total. The Kier molecular flexibility index (Phi) is 5.50. The van der Waals surface area contributed by atoms with Crippen LogP contribution in [-0.4, -0.2) is 23.4 Å². The van der Waals surface area contributed by atoms with Crippen molar-refractivity contribution in [1.82, 2.24) is 0 Å². The Balaban J connectivity index is 1.62. The lowest BCUT2D eigenvalue weighted by atomic mass is 9.89. The quantitative estimate of drug-likeness (QED) is 0.334. The number of rotatable bonds is 5. The van der Waals surface area contributed by atoms with Crippen LogP contribution in [0.2, 0.25) is 0 Å². The summed E-state index contributed by atoms with van der Waals surface area (Å²) in [6.45, 7) is 2.42. The van der Waals surface area contributed by atoms with Crippen LogP contribution in [0.4, 0.5) is 5.69 Å². The molecule has 0 radical (unpaired) electrons. The number of benzene rings is 2. The summed E-state index contributed by atoms with van der Waals surface area (Å²) < 4.78 is 11.1. The number of hydrogen-bond donors (Lipinski definition) is 1. The molecule has 1 saturated heterocycles. The molecular formula is C27H25NO5. The summed E-state index contributed by atoms with van der Waals surface area (Å²) in [4.78, 5) is 27.7. The lowest BCUT2D eigenvalue weighted by molar-refractivity contribution is -0.132. The average molecular weight is 443 g/mol. The van der Waals surface area contributed by atoms with Crippen molar-refractivity contribution >= 4 is 23.1 Å². The molecule has 0 spiro atoms. The van der Waals surface area contributed by atoms with E-state index in [2.05, 4.69) is 0 Å². The minimum Gasteiger partial charge on any atom is -0.507 e. The van der Waals surface area contributed by atoms with Crippen molar-refractivity contribution in [3.63, 3.8) is 0 Å². The van der Waals surface area contributed by atoms with Crippen molar-refractivity contribution in [2.45, 2.75) is 38.6 Å². The van der Waals surface area contributed by atoms with E-state index in [-0.39, 0.29) is 11.3 Å². The number of ether oxygens (including phenoxy) is 1. The minimum atomic E-state index is -0.867. The summed E-state index contributed by atoms with van der Waals surface area (Å²) in [5.74, 6) is -0.554. The van der Waals surface area contributed by atoms with Crippen LogP contribution >= 0.6 is 0 Å². The van der Waals surface area contributed by atoms with E-state index in [0.717, 1.165) is 25.7 Å². The number of ketones is 1. The molecule has 168 valence electrons. The van der Waals surface area contributed by atoms with Crippen molar-refractivity contribution in [2.24, 2.45) is 0 Å². The van der Waals surface area contributed by atoms with Gasteiger partial charge in [-0.05, 0) is 86.2 Å². The summed E-state index contributed by atoms with van der Waals surface area (Å²) in [6, 6.07) is 15.3. The second kappa shape index (κ2) is 8.62. The molecule has 1 aliphatic carbocycles. The van der Waals surface area contributed by atoms with Gasteiger partial charge in [-0.15, -0.1) is 0 Å². The van der Waals surface area contributed by atoms with E-state index in [4.69, 9.17) is 9.15 Å². The van der Waals surface area contributed by atoms with Crippen LogP contribution in [0.5, 0.6) is 5.75 Å². The van der Waals surface area contributed by atoms with Gasteiger partial charge in [-0.3, -0.25) is 14.5 Å². The molecule has 1 unspecified atom stereocenters. The Morgan fingerprint density at radius 3 is 2.52 bits per heavy atom. The van der Waals surface area contributed by atoms with Gasteiger partial charge in [0.05, 0.1) is 18.4 Å². The fraction of sp³-hybridized carbons (Fsp3) is 0.259. The van der Waals surface area contributed by atoms with Crippen LogP contribution in [0.1, 0.15) is 48.3 Å². The highest BCUT2D eigenvalue weighted by Crippen LogP contribution is 2.42. The maximum Gasteiger partial charge on any atom is 0.300 e. The first-order valence-corrected chi connectivity index (χ1v) is 11.3. The summed E-state index contributed by atoms with van der Waals surface area (Å²) in [6.07, 6.45) is 5.71. The van der Waals surface area contributed by atoms with Gasteiger partial charge in [0.2, 0.25) is 0 Å². The van der Waals surface area contributed by atoms with Crippen molar-refractivity contribution in [1.29, 1.82) is 0 Å². The van der Waals surface area contributed by atoms with Crippen LogP contribution in [0, 0.1) is 0 Å². The monoisotopic (exact) mass is 443 g/mol. The highest BCUT2D eigenvalue weighted by molar-refractivity contribution is 6.51. The van der Waals surface area contributed by atoms with E-state index < -0.39 is 17.7 Å². The summed E-state index contributed by atoms with van der Waals surface area (Å²) in [5.41, 5.74) is 3.54. The Bertz CT molecular complexity index is 1220. The third-order valence-electron chi connectivity index (χ3n) is 6.30. The number of carbonyl (C=O) groups is 2. The number of aryl methyl sites for hydroxylation is 2. The Morgan fingerprint density at radius 1 is 1.06 bits per heavy atom. The van der Waals surface area contributed by atoms with Crippen molar-refractivity contribution in [2.75, 3.05) is 11.5 Å². The van der Waals surface area contributed by atoms with E-state index in [9.17, 15) is 14.7 Å². The van der Waals surface area contributed by atoms with E-state index in [1.165, 1.54) is 22.3 Å². The van der Waals surface area contributed by atoms with Gasteiger partial charge in [0.1, 0.15) is 23.3 Å². The molecule has 2 aliphatic rings. The maximum absolute atomic E-state index is 13.2. The Hall–Kier alpha value is -3.80.